The van der Waals surface area contributed by atoms with E-state index in [1.54, 1.807) is 6.07 Å². The van der Waals surface area contributed by atoms with Gasteiger partial charge in [-0.2, -0.15) is 0 Å². The molecule has 0 spiro atoms. The van der Waals surface area contributed by atoms with Gasteiger partial charge in [-0.25, -0.2) is 8.78 Å². The van der Waals surface area contributed by atoms with Crippen LogP contribution < -0.4 is 10.5 Å². The highest BCUT2D eigenvalue weighted by Gasteiger charge is 2.36. The van der Waals surface area contributed by atoms with Crippen LogP contribution in [0.3, 0.4) is 0 Å². The van der Waals surface area contributed by atoms with E-state index >= 15 is 0 Å². The zero-order valence-electron chi connectivity index (χ0n) is 9.88. The fraction of sp³-hybridized carbons (Fsp3) is 0.538. The number of halogens is 2. The van der Waals surface area contributed by atoms with Gasteiger partial charge in [0.1, 0.15) is 5.67 Å². The van der Waals surface area contributed by atoms with Crippen molar-refractivity contribution in [1.82, 2.24) is 0 Å². The van der Waals surface area contributed by atoms with Crippen molar-refractivity contribution in [3.8, 4) is 5.75 Å². The average Bonchev–Trinajstić information content (AvgIpc) is 2.33. The second-order valence-corrected chi connectivity index (χ2v) is 4.65. The van der Waals surface area contributed by atoms with Crippen LogP contribution in [0, 0.1) is 5.82 Å². The first-order chi connectivity index (χ1) is 8.05. The van der Waals surface area contributed by atoms with Crippen LogP contribution in [0.4, 0.5) is 8.78 Å². The van der Waals surface area contributed by atoms with E-state index in [9.17, 15) is 8.78 Å². The molecule has 0 radical (unpaired) electrons. The summed E-state index contributed by atoms with van der Waals surface area (Å²) in [7, 11) is 1.39. The van der Waals surface area contributed by atoms with Crippen LogP contribution in [0.1, 0.15) is 31.2 Å². The summed E-state index contributed by atoms with van der Waals surface area (Å²) in [6, 6.07) is 4.37. The Hall–Kier alpha value is -1.16. The quantitative estimate of drug-likeness (QED) is 0.864. The van der Waals surface area contributed by atoms with Crippen molar-refractivity contribution in [3.05, 3.63) is 29.6 Å². The van der Waals surface area contributed by atoms with Gasteiger partial charge in [-0.3, -0.25) is 0 Å². The number of hydrogen-bond donors (Lipinski definition) is 1. The van der Waals surface area contributed by atoms with E-state index in [0.29, 0.717) is 31.2 Å². The zero-order chi connectivity index (χ0) is 12.5. The molecule has 1 aliphatic rings. The van der Waals surface area contributed by atoms with Crippen LogP contribution in [0.5, 0.6) is 5.75 Å². The summed E-state index contributed by atoms with van der Waals surface area (Å²) in [4.78, 5) is 0. The molecule has 4 heteroatoms. The van der Waals surface area contributed by atoms with E-state index in [-0.39, 0.29) is 11.8 Å². The molecule has 1 aromatic carbocycles. The lowest BCUT2D eigenvalue weighted by molar-refractivity contribution is 0.0974. The maximum atomic E-state index is 14.6. The molecule has 2 rings (SSSR count). The molecule has 17 heavy (non-hydrogen) atoms. The first kappa shape index (κ1) is 12.3. The van der Waals surface area contributed by atoms with Gasteiger partial charge in [0, 0.05) is 6.04 Å². The second kappa shape index (κ2) is 4.61. The summed E-state index contributed by atoms with van der Waals surface area (Å²) in [6.45, 7) is 0. The van der Waals surface area contributed by atoms with Crippen molar-refractivity contribution in [2.45, 2.75) is 37.4 Å². The van der Waals surface area contributed by atoms with E-state index in [0.717, 1.165) is 0 Å². The smallest absolute Gasteiger partial charge is 0.165 e. The summed E-state index contributed by atoms with van der Waals surface area (Å²) < 4.78 is 33.0. The van der Waals surface area contributed by atoms with Gasteiger partial charge < -0.3 is 10.5 Å². The Morgan fingerprint density at radius 2 is 2.00 bits per heavy atom. The molecule has 1 saturated carbocycles. The molecule has 1 aliphatic carbocycles. The molecule has 0 atom stereocenters. The lowest BCUT2D eigenvalue weighted by Gasteiger charge is -2.32. The Kier molecular flexibility index (Phi) is 3.33. The van der Waals surface area contributed by atoms with Crippen molar-refractivity contribution < 1.29 is 13.5 Å². The van der Waals surface area contributed by atoms with Crippen molar-refractivity contribution in [2.75, 3.05) is 7.11 Å². The maximum absolute atomic E-state index is 14.6. The largest absolute Gasteiger partial charge is 0.494 e. The Labute approximate surface area is 99.8 Å². The van der Waals surface area contributed by atoms with Gasteiger partial charge in [-0.1, -0.05) is 6.07 Å². The molecule has 0 bridgehead atoms. The Morgan fingerprint density at radius 1 is 1.35 bits per heavy atom. The molecule has 2 N–H and O–H groups in total. The third-order valence-electron chi connectivity index (χ3n) is 3.49. The number of hydrogen-bond acceptors (Lipinski definition) is 2. The Balaban J connectivity index is 2.24. The summed E-state index contributed by atoms with van der Waals surface area (Å²) >= 11 is 0. The van der Waals surface area contributed by atoms with Crippen LogP contribution in [0.2, 0.25) is 0 Å². The number of rotatable bonds is 2. The first-order valence-electron chi connectivity index (χ1n) is 5.84. The molecule has 0 aliphatic heterocycles. The summed E-state index contributed by atoms with van der Waals surface area (Å²) in [5, 5.41) is 0. The topological polar surface area (TPSA) is 35.2 Å². The molecule has 1 aromatic rings. The standard InChI is InChI=1S/C13H17F2NO/c1-17-12-3-2-9(8-11(12)14)13(15)6-4-10(16)5-7-13/h2-3,8,10H,4-7,16H2,1H3. The monoisotopic (exact) mass is 241 g/mol. The van der Waals surface area contributed by atoms with Gasteiger partial charge >= 0.3 is 0 Å². The van der Waals surface area contributed by atoms with E-state index in [1.807, 2.05) is 0 Å². The summed E-state index contributed by atoms with van der Waals surface area (Å²) in [5.74, 6) is -0.373. The third kappa shape index (κ3) is 2.41. The SMILES string of the molecule is COc1ccc(C2(F)CCC(N)CC2)cc1F. The molecule has 1 fully saturated rings. The number of benzene rings is 1. The molecule has 0 amide bonds. The molecular formula is C13H17F2NO. The normalized spacial score (nSPS) is 29.1. The van der Waals surface area contributed by atoms with Crippen LogP contribution in [-0.2, 0) is 5.67 Å². The summed E-state index contributed by atoms with van der Waals surface area (Å²) in [6.07, 6.45) is 2.01. The molecule has 2 nitrogen and oxygen atoms in total. The lowest BCUT2D eigenvalue weighted by Crippen LogP contribution is -2.34. The Morgan fingerprint density at radius 3 is 2.53 bits per heavy atom. The van der Waals surface area contributed by atoms with Crippen LogP contribution >= 0.6 is 0 Å². The van der Waals surface area contributed by atoms with Crippen molar-refractivity contribution in [3.63, 3.8) is 0 Å². The van der Waals surface area contributed by atoms with Gasteiger partial charge in [0.2, 0.25) is 0 Å². The minimum Gasteiger partial charge on any atom is -0.494 e. The van der Waals surface area contributed by atoms with Gasteiger partial charge in [0.15, 0.2) is 11.6 Å². The van der Waals surface area contributed by atoms with Crippen LogP contribution in [-0.4, -0.2) is 13.2 Å². The van der Waals surface area contributed by atoms with E-state index < -0.39 is 11.5 Å². The molecule has 0 heterocycles. The average molecular weight is 241 g/mol. The highest BCUT2D eigenvalue weighted by atomic mass is 19.1. The van der Waals surface area contributed by atoms with Crippen LogP contribution in [0.25, 0.3) is 0 Å². The number of alkyl halides is 1. The minimum absolute atomic E-state index is 0.0713. The fourth-order valence-electron chi connectivity index (χ4n) is 2.33. The maximum Gasteiger partial charge on any atom is 0.165 e. The second-order valence-electron chi connectivity index (χ2n) is 4.65. The van der Waals surface area contributed by atoms with Crippen molar-refractivity contribution in [1.29, 1.82) is 0 Å². The highest BCUT2D eigenvalue weighted by molar-refractivity contribution is 5.33. The van der Waals surface area contributed by atoms with Gasteiger partial charge in [-0.05, 0) is 43.4 Å². The Bertz CT molecular complexity index is 400. The predicted octanol–water partition coefficient (Wildman–Crippen LogP) is 2.90. The van der Waals surface area contributed by atoms with E-state index in [1.165, 1.54) is 19.2 Å². The van der Waals surface area contributed by atoms with Crippen molar-refractivity contribution >= 4 is 0 Å². The van der Waals surface area contributed by atoms with E-state index in [4.69, 9.17) is 10.5 Å². The van der Waals surface area contributed by atoms with Gasteiger partial charge in [0.25, 0.3) is 0 Å². The highest BCUT2D eigenvalue weighted by Crippen LogP contribution is 2.41. The first-order valence-corrected chi connectivity index (χ1v) is 5.84. The van der Waals surface area contributed by atoms with Crippen molar-refractivity contribution in [2.24, 2.45) is 5.73 Å². The number of methoxy groups -OCH3 is 1. The van der Waals surface area contributed by atoms with Gasteiger partial charge in [0.05, 0.1) is 7.11 Å². The summed E-state index contributed by atoms with van der Waals surface area (Å²) in [5.41, 5.74) is 4.70. The van der Waals surface area contributed by atoms with Crippen LogP contribution in [0.15, 0.2) is 18.2 Å². The fourth-order valence-corrected chi connectivity index (χ4v) is 2.33. The number of ether oxygens (including phenoxy) is 1. The zero-order valence-corrected chi connectivity index (χ0v) is 9.88. The molecule has 0 unspecified atom stereocenters. The predicted molar refractivity (Wildman–Crippen MR) is 62.2 cm³/mol. The number of nitrogens with two attached hydrogens (primary N) is 1. The molecule has 94 valence electrons. The molecular weight excluding hydrogens is 224 g/mol. The molecule has 0 aromatic heterocycles. The molecule has 0 saturated heterocycles. The van der Waals surface area contributed by atoms with E-state index in [2.05, 4.69) is 0 Å². The minimum atomic E-state index is -1.44. The van der Waals surface area contributed by atoms with Gasteiger partial charge in [-0.15, -0.1) is 0 Å². The third-order valence-corrected chi connectivity index (χ3v) is 3.49. The lowest BCUT2D eigenvalue weighted by atomic mass is 9.79.